The topological polar surface area (TPSA) is 69.7 Å². The van der Waals surface area contributed by atoms with Crippen LogP contribution in [0.1, 0.15) is 52.4 Å². The molecule has 2 rings (SSSR count). The zero-order valence-electron chi connectivity index (χ0n) is 15.2. The number of hydrogen-bond acceptors (Lipinski definition) is 4. The Morgan fingerprint density at radius 3 is 2.54 bits per heavy atom. The molecule has 2 heterocycles. The molecule has 0 radical (unpaired) electrons. The summed E-state index contributed by atoms with van der Waals surface area (Å²) in [6.07, 6.45) is 5.44. The van der Waals surface area contributed by atoms with Gasteiger partial charge < -0.3 is 10.2 Å². The second kappa shape index (κ2) is 9.15. The maximum atomic E-state index is 12.4. The Bertz CT molecular complexity index is 501. The standard InChI is InChI=1S/C17H33N3O3S/c1-3-14-24(22,23)20-11-4-6-16(20)17(21)18-9-5-10-19-12-7-15(2)8-13-19/h15-16H,3-14H2,1-2H3,(H,18,21). The van der Waals surface area contributed by atoms with Gasteiger partial charge in [0.15, 0.2) is 0 Å². The van der Waals surface area contributed by atoms with Crippen molar-refractivity contribution >= 4 is 15.9 Å². The fourth-order valence-corrected chi connectivity index (χ4v) is 5.37. The average molecular weight is 360 g/mol. The number of carbonyl (C=O) groups is 1. The molecule has 0 aromatic heterocycles. The number of piperidine rings is 1. The van der Waals surface area contributed by atoms with Crippen LogP contribution >= 0.6 is 0 Å². The van der Waals surface area contributed by atoms with Crippen molar-refractivity contribution in [3.05, 3.63) is 0 Å². The number of nitrogens with one attached hydrogen (secondary N) is 1. The molecule has 0 aliphatic carbocycles. The van der Waals surface area contributed by atoms with E-state index in [2.05, 4.69) is 17.1 Å². The molecule has 1 atom stereocenters. The number of likely N-dealkylation sites (tertiary alicyclic amines) is 1. The van der Waals surface area contributed by atoms with Gasteiger partial charge in [0, 0.05) is 13.1 Å². The highest BCUT2D eigenvalue weighted by Gasteiger charge is 2.37. The average Bonchev–Trinajstić information content (AvgIpc) is 3.03. The molecular weight excluding hydrogens is 326 g/mol. The number of carbonyl (C=O) groups excluding carboxylic acids is 1. The molecule has 7 heteroatoms. The van der Waals surface area contributed by atoms with Crippen LogP contribution in [-0.4, -0.2) is 68.0 Å². The van der Waals surface area contributed by atoms with Crippen LogP contribution in [0.5, 0.6) is 0 Å². The van der Waals surface area contributed by atoms with E-state index in [9.17, 15) is 13.2 Å². The van der Waals surface area contributed by atoms with Gasteiger partial charge in [-0.1, -0.05) is 13.8 Å². The van der Waals surface area contributed by atoms with E-state index in [0.29, 0.717) is 25.9 Å². The molecular formula is C17H33N3O3S. The van der Waals surface area contributed by atoms with Crippen molar-refractivity contribution in [1.29, 1.82) is 0 Å². The van der Waals surface area contributed by atoms with Crippen LogP contribution in [0.2, 0.25) is 0 Å². The van der Waals surface area contributed by atoms with Crippen molar-refractivity contribution < 1.29 is 13.2 Å². The second-order valence-corrected chi connectivity index (χ2v) is 9.29. The van der Waals surface area contributed by atoms with Crippen molar-refractivity contribution in [3.63, 3.8) is 0 Å². The molecule has 1 N–H and O–H groups in total. The molecule has 1 unspecified atom stereocenters. The summed E-state index contributed by atoms with van der Waals surface area (Å²) in [6.45, 7) is 8.58. The summed E-state index contributed by atoms with van der Waals surface area (Å²) in [5.41, 5.74) is 0. The Labute approximate surface area is 147 Å². The number of sulfonamides is 1. The highest BCUT2D eigenvalue weighted by molar-refractivity contribution is 7.89. The molecule has 0 bridgehead atoms. The van der Waals surface area contributed by atoms with Gasteiger partial charge in [0.2, 0.25) is 15.9 Å². The van der Waals surface area contributed by atoms with Gasteiger partial charge in [0.25, 0.3) is 0 Å². The monoisotopic (exact) mass is 359 g/mol. The molecule has 0 aromatic carbocycles. The summed E-state index contributed by atoms with van der Waals surface area (Å²) in [6, 6.07) is -0.502. The third-order valence-electron chi connectivity index (χ3n) is 5.15. The van der Waals surface area contributed by atoms with Crippen LogP contribution in [0.25, 0.3) is 0 Å². The summed E-state index contributed by atoms with van der Waals surface area (Å²) in [5, 5.41) is 2.95. The van der Waals surface area contributed by atoms with E-state index in [-0.39, 0.29) is 11.7 Å². The van der Waals surface area contributed by atoms with E-state index < -0.39 is 16.1 Å². The Morgan fingerprint density at radius 2 is 1.88 bits per heavy atom. The summed E-state index contributed by atoms with van der Waals surface area (Å²) < 4.78 is 25.9. The summed E-state index contributed by atoms with van der Waals surface area (Å²) in [4.78, 5) is 14.8. The Morgan fingerprint density at radius 1 is 1.17 bits per heavy atom. The number of hydrogen-bond donors (Lipinski definition) is 1. The van der Waals surface area contributed by atoms with Gasteiger partial charge in [-0.05, 0) is 64.1 Å². The molecule has 24 heavy (non-hydrogen) atoms. The fourth-order valence-electron chi connectivity index (χ4n) is 3.63. The van der Waals surface area contributed by atoms with Crippen LogP contribution in [-0.2, 0) is 14.8 Å². The molecule has 2 saturated heterocycles. The molecule has 140 valence electrons. The van der Waals surface area contributed by atoms with Crippen molar-refractivity contribution in [2.45, 2.75) is 58.4 Å². The number of nitrogens with zero attached hydrogens (tertiary/aromatic N) is 2. The van der Waals surface area contributed by atoms with E-state index in [4.69, 9.17) is 0 Å². The molecule has 0 aromatic rings. The molecule has 6 nitrogen and oxygen atoms in total. The quantitative estimate of drug-likeness (QED) is 0.666. The maximum absolute atomic E-state index is 12.4. The predicted molar refractivity (Wildman–Crippen MR) is 96.3 cm³/mol. The van der Waals surface area contributed by atoms with E-state index >= 15 is 0 Å². The smallest absolute Gasteiger partial charge is 0.238 e. The van der Waals surface area contributed by atoms with E-state index in [1.807, 2.05) is 6.92 Å². The van der Waals surface area contributed by atoms with Gasteiger partial charge in [0.1, 0.15) is 6.04 Å². The summed E-state index contributed by atoms with van der Waals surface area (Å²) in [5.74, 6) is 0.836. The molecule has 0 saturated carbocycles. The first kappa shape index (κ1) is 19.7. The Kier molecular flexibility index (Phi) is 7.50. The van der Waals surface area contributed by atoms with Crippen molar-refractivity contribution in [2.75, 3.05) is 38.5 Å². The van der Waals surface area contributed by atoms with Gasteiger partial charge in [-0.15, -0.1) is 0 Å². The predicted octanol–water partition coefficient (Wildman–Crippen LogP) is 1.43. The Balaban J connectivity index is 1.72. The molecule has 2 fully saturated rings. The van der Waals surface area contributed by atoms with Crippen LogP contribution < -0.4 is 5.32 Å². The van der Waals surface area contributed by atoms with E-state index in [0.717, 1.165) is 38.4 Å². The maximum Gasteiger partial charge on any atom is 0.238 e. The van der Waals surface area contributed by atoms with Gasteiger partial charge in [0.05, 0.1) is 5.75 Å². The lowest BCUT2D eigenvalue weighted by atomic mass is 9.99. The SMILES string of the molecule is CCCS(=O)(=O)N1CCCC1C(=O)NCCCN1CCC(C)CC1. The second-order valence-electron chi connectivity index (χ2n) is 7.25. The van der Waals surface area contributed by atoms with Crippen molar-refractivity contribution in [2.24, 2.45) is 5.92 Å². The van der Waals surface area contributed by atoms with E-state index in [1.54, 1.807) is 0 Å². The lowest BCUT2D eigenvalue weighted by Crippen LogP contribution is -2.47. The minimum absolute atomic E-state index is 0.126. The lowest BCUT2D eigenvalue weighted by molar-refractivity contribution is -0.124. The molecule has 0 spiro atoms. The molecule has 2 aliphatic rings. The zero-order chi connectivity index (χ0) is 17.6. The van der Waals surface area contributed by atoms with Gasteiger partial charge in [-0.25, -0.2) is 8.42 Å². The number of amides is 1. The van der Waals surface area contributed by atoms with Crippen LogP contribution in [0, 0.1) is 5.92 Å². The molecule has 1 amide bonds. The van der Waals surface area contributed by atoms with Crippen LogP contribution in [0.15, 0.2) is 0 Å². The van der Waals surface area contributed by atoms with Crippen LogP contribution in [0.3, 0.4) is 0 Å². The summed E-state index contributed by atoms with van der Waals surface area (Å²) in [7, 11) is -3.29. The third kappa shape index (κ3) is 5.43. The zero-order valence-corrected chi connectivity index (χ0v) is 16.0. The van der Waals surface area contributed by atoms with Gasteiger partial charge in [-0.2, -0.15) is 4.31 Å². The first-order valence-corrected chi connectivity index (χ1v) is 11.0. The fraction of sp³-hybridized carbons (Fsp3) is 0.941. The van der Waals surface area contributed by atoms with E-state index in [1.165, 1.54) is 17.1 Å². The first-order chi connectivity index (χ1) is 11.4. The third-order valence-corrected chi connectivity index (χ3v) is 7.23. The van der Waals surface area contributed by atoms with Gasteiger partial charge >= 0.3 is 0 Å². The lowest BCUT2D eigenvalue weighted by Gasteiger charge is -2.30. The minimum Gasteiger partial charge on any atom is -0.355 e. The Hall–Kier alpha value is -0.660. The highest BCUT2D eigenvalue weighted by atomic mass is 32.2. The van der Waals surface area contributed by atoms with Gasteiger partial charge in [-0.3, -0.25) is 4.79 Å². The van der Waals surface area contributed by atoms with Crippen molar-refractivity contribution in [3.8, 4) is 0 Å². The minimum atomic E-state index is -3.29. The highest BCUT2D eigenvalue weighted by Crippen LogP contribution is 2.22. The van der Waals surface area contributed by atoms with Crippen molar-refractivity contribution in [1.82, 2.24) is 14.5 Å². The summed E-state index contributed by atoms with van der Waals surface area (Å²) >= 11 is 0. The van der Waals surface area contributed by atoms with Crippen LogP contribution in [0.4, 0.5) is 0 Å². The largest absolute Gasteiger partial charge is 0.355 e. The normalized spacial score (nSPS) is 24.3. The number of rotatable bonds is 8. The molecule has 2 aliphatic heterocycles. The first-order valence-electron chi connectivity index (χ1n) is 9.43.